The Bertz CT molecular complexity index is 271. The summed E-state index contributed by atoms with van der Waals surface area (Å²) in [7, 11) is 1.72. The minimum absolute atomic E-state index is 0.804. The molecule has 0 N–H and O–H groups in total. The number of pyridine rings is 1. The Morgan fingerprint density at radius 3 is 3.00 bits per heavy atom. The SMILES string of the molecule is C/C=N\c1cccnc1/C=N\C. The lowest BCUT2D eigenvalue weighted by Crippen LogP contribution is -1.86. The third-order valence-electron chi connectivity index (χ3n) is 1.34. The van der Waals surface area contributed by atoms with Gasteiger partial charge in [0.25, 0.3) is 0 Å². The Balaban J connectivity index is 3.08. The molecule has 0 unspecified atom stereocenters. The van der Waals surface area contributed by atoms with E-state index >= 15 is 0 Å². The summed E-state index contributed by atoms with van der Waals surface area (Å²) in [5, 5.41) is 0. The molecule has 0 radical (unpaired) electrons. The molecule has 1 aromatic heterocycles. The molecule has 0 spiro atoms. The van der Waals surface area contributed by atoms with Gasteiger partial charge in [0.2, 0.25) is 0 Å². The first-order valence-corrected chi connectivity index (χ1v) is 3.74. The summed E-state index contributed by atoms with van der Waals surface area (Å²) < 4.78 is 0. The molecule has 1 heterocycles. The van der Waals surface area contributed by atoms with E-state index in [4.69, 9.17) is 0 Å². The third kappa shape index (κ3) is 1.99. The third-order valence-corrected chi connectivity index (χ3v) is 1.34. The van der Waals surface area contributed by atoms with Crippen molar-refractivity contribution in [2.75, 3.05) is 7.05 Å². The maximum Gasteiger partial charge on any atom is 0.106 e. The zero-order chi connectivity index (χ0) is 8.81. The second kappa shape index (κ2) is 4.38. The van der Waals surface area contributed by atoms with Gasteiger partial charge in [-0.25, -0.2) is 0 Å². The van der Waals surface area contributed by atoms with Gasteiger partial charge in [0.1, 0.15) is 5.69 Å². The molecule has 1 aromatic rings. The number of hydrogen-bond acceptors (Lipinski definition) is 3. The lowest BCUT2D eigenvalue weighted by Gasteiger charge is -1.95. The van der Waals surface area contributed by atoms with E-state index in [0.717, 1.165) is 11.4 Å². The summed E-state index contributed by atoms with van der Waals surface area (Å²) in [6.45, 7) is 1.87. The van der Waals surface area contributed by atoms with Crippen molar-refractivity contribution in [2.45, 2.75) is 6.92 Å². The number of aromatic nitrogens is 1. The van der Waals surface area contributed by atoms with E-state index in [1.165, 1.54) is 0 Å². The molecular formula is C9H11N3. The van der Waals surface area contributed by atoms with Crippen LogP contribution in [0.25, 0.3) is 0 Å². The number of aliphatic imine (C=N–C) groups is 2. The molecular weight excluding hydrogens is 150 g/mol. The van der Waals surface area contributed by atoms with Crippen LogP contribution in [0.15, 0.2) is 28.3 Å². The van der Waals surface area contributed by atoms with Gasteiger partial charge < -0.3 is 0 Å². The van der Waals surface area contributed by atoms with Gasteiger partial charge in [0.15, 0.2) is 0 Å². The Kier molecular flexibility index (Phi) is 3.14. The van der Waals surface area contributed by atoms with Crippen molar-refractivity contribution < 1.29 is 0 Å². The molecule has 0 amide bonds. The molecule has 0 bridgehead atoms. The fourth-order valence-electron chi connectivity index (χ4n) is 0.879. The average molecular weight is 161 g/mol. The lowest BCUT2D eigenvalue weighted by atomic mass is 10.3. The largest absolute Gasteiger partial charge is 0.294 e. The van der Waals surface area contributed by atoms with E-state index in [1.54, 1.807) is 25.7 Å². The highest BCUT2D eigenvalue weighted by Crippen LogP contribution is 2.12. The van der Waals surface area contributed by atoms with Crippen LogP contribution in [-0.2, 0) is 0 Å². The van der Waals surface area contributed by atoms with Gasteiger partial charge in [-0.3, -0.25) is 15.0 Å². The highest BCUT2D eigenvalue weighted by molar-refractivity contribution is 5.84. The van der Waals surface area contributed by atoms with E-state index in [2.05, 4.69) is 15.0 Å². The molecule has 0 saturated heterocycles. The molecule has 62 valence electrons. The molecule has 0 atom stereocenters. The van der Waals surface area contributed by atoms with Gasteiger partial charge in [-0.1, -0.05) is 0 Å². The molecule has 3 nitrogen and oxygen atoms in total. The molecule has 12 heavy (non-hydrogen) atoms. The molecule has 0 saturated carbocycles. The minimum Gasteiger partial charge on any atom is -0.294 e. The van der Waals surface area contributed by atoms with Crippen molar-refractivity contribution in [2.24, 2.45) is 9.98 Å². The van der Waals surface area contributed by atoms with Crippen molar-refractivity contribution in [1.29, 1.82) is 0 Å². The zero-order valence-electron chi connectivity index (χ0n) is 7.23. The predicted molar refractivity (Wildman–Crippen MR) is 51.6 cm³/mol. The topological polar surface area (TPSA) is 37.6 Å². The van der Waals surface area contributed by atoms with Crippen LogP contribution >= 0.6 is 0 Å². The normalized spacial score (nSPS) is 11.5. The maximum absolute atomic E-state index is 4.15. The fraction of sp³-hybridized carbons (Fsp3) is 0.222. The van der Waals surface area contributed by atoms with Gasteiger partial charge in [-0.2, -0.15) is 0 Å². The number of rotatable bonds is 2. The van der Waals surface area contributed by atoms with E-state index in [0.29, 0.717) is 0 Å². The Morgan fingerprint density at radius 1 is 1.50 bits per heavy atom. The summed E-state index contributed by atoms with van der Waals surface area (Å²) in [5.41, 5.74) is 1.66. The van der Waals surface area contributed by atoms with Crippen molar-refractivity contribution in [1.82, 2.24) is 4.98 Å². The van der Waals surface area contributed by atoms with Gasteiger partial charge in [-0.05, 0) is 19.1 Å². The predicted octanol–water partition coefficient (Wildman–Crippen LogP) is 1.85. The molecule has 1 rings (SSSR count). The molecule has 0 aliphatic rings. The van der Waals surface area contributed by atoms with Crippen LogP contribution in [0.5, 0.6) is 0 Å². The quantitative estimate of drug-likeness (QED) is 0.610. The van der Waals surface area contributed by atoms with Crippen LogP contribution in [0.3, 0.4) is 0 Å². The second-order valence-electron chi connectivity index (χ2n) is 2.18. The van der Waals surface area contributed by atoms with Crippen LogP contribution in [0, 0.1) is 0 Å². The van der Waals surface area contributed by atoms with Crippen molar-refractivity contribution in [3.63, 3.8) is 0 Å². The van der Waals surface area contributed by atoms with Gasteiger partial charge >= 0.3 is 0 Å². The van der Waals surface area contributed by atoms with Gasteiger partial charge in [0, 0.05) is 25.7 Å². The van der Waals surface area contributed by atoms with E-state index in [9.17, 15) is 0 Å². The fourth-order valence-corrected chi connectivity index (χ4v) is 0.879. The highest BCUT2D eigenvalue weighted by atomic mass is 14.8. The Morgan fingerprint density at radius 2 is 2.33 bits per heavy atom. The van der Waals surface area contributed by atoms with Crippen LogP contribution < -0.4 is 0 Å². The van der Waals surface area contributed by atoms with E-state index in [1.807, 2.05) is 19.1 Å². The summed E-state index contributed by atoms with van der Waals surface area (Å²) >= 11 is 0. The first-order valence-electron chi connectivity index (χ1n) is 3.74. The first-order chi connectivity index (χ1) is 5.88. The van der Waals surface area contributed by atoms with Crippen molar-refractivity contribution in [3.8, 4) is 0 Å². The molecule has 0 aromatic carbocycles. The second-order valence-corrected chi connectivity index (χ2v) is 2.18. The van der Waals surface area contributed by atoms with E-state index in [-0.39, 0.29) is 0 Å². The Hall–Kier alpha value is -1.51. The molecule has 0 aliphatic heterocycles. The van der Waals surface area contributed by atoms with Crippen LogP contribution in [-0.4, -0.2) is 24.5 Å². The van der Waals surface area contributed by atoms with Crippen molar-refractivity contribution in [3.05, 3.63) is 24.0 Å². The monoisotopic (exact) mass is 161 g/mol. The van der Waals surface area contributed by atoms with Crippen LogP contribution in [0.4, 0.5) is 5.69 Å². The van der Waals surface area contributed by atoms with E-state index < -0.39 is 0 Å². The summed E-state index contributed by atoms with van der Waals surface area (Å²) in [6.07, 6.45) is 5.16. The zero-order valence-corrected chi connectivity index (χ0v) is 7.23. The van der Waals surface area contributed by atoms with Crippen molar-refractivity contribution >= 4 is 18.1 Å². The number of hydrogen-bond donors (Lipinski definition) is 0. The molecule has 0 fully saturated rings. The molecule has 3 heteroatoms. The van der Waals surface area contributed by atoms with Crippen LogP contribution in [0.2, 0.25) is 0 Å². The van der Waals surface area contributed by atoms with Crippen LogP contribution in [0.1, 0.15) is 12.6 Å². The summed E-state index contributed by atoms with van der Waals surface area (Å²) in [5.74, 6) is 0. The van der Waals surface area contributed by atoms with Gasteiger partial charge in [-0.15, -0.1) is 0 Å². The standard InChI is InChI=1S/C9H11N3/c1-3-11-8-5-4-6-12-9(8)7-10-2/h3-7H,1-2H3/b10-7-,11-3-. The summed E-state index contributed by atoms with van der Waals surface area (Å²) in [4.78, 5) is 12.2. The highest BCUT2D eigenvalue weighted by Gasteiger charge is 1.95. The minimum atomic E-state index is 0.804. The lowest BCUT2D eigenvalue weighted by molar-refractivity contribution is 1.27. The first kappa shape index (κ1) is 8.59. The Labute approximate surface area is 71.9 Å². The smallest absolute Gasteiger partial charge is 0.106 e. The summed E-state index contributed by atoms with van der Waals surface area (Å²) in [6, 6.07) is 3.76. The maximum atomic E-state index is 4.15. The molecule has 0 aliphatic carbocycles. The average Bonchev–Trinajstić information content (AvgIpc) is 2.09. The number of nitrogens with zero attached hydrogens (tertiary/aromatic N) is 3. The van der Waals surface area contributed by atoms with Gasteiger partial charge in [0.05, 0.1) is 5.69 Å².